The summed E-state index contributed by atoms with van der Waals surface area (Å²) in [5.41, 5.74) is -0.120. The zero-order valence-corrected chi connectivity index (χ0v) is 12.2. The number of alkyl halides is 3. The number of carbonyl (C=O) groups is 1. The lowest BCUT2D eigenvalue weighted by atomic mass is 10.1. The summed E-state index contributed by atoms with van der Waals surface area (Å²) in [4.78, 5) is 12.7. The number of aliphatic hydroxyl groups is 1. The fourth-order valence-corrected chi connectivity index (χ4v) is 1.85. The summed E-state index contributed by atoms with van der Waals surface area (Å²) in [7, 11) is 1.30. The number of nitrogens with zero attached hydrogens (tertiary/aromatic N) is 1. The highest BCUT2D eigenvalue weighted by molar-refractivity contribution is 6.30. The van der Waals surface area contributed by atoms with Crippen LogP contribution in [-0.4, -0.2) is 41.9 Å². The van der Waals surface area contributed by atoms with Crippen molar-refractivity contribution in [3.63, 3.8) is 0 Å². The van der Waals surface area contributed by atoms with Crippen LogP contribution in [-0.2, 0) is 0 Å². The van der Waals surface area contributed by atoms with Crippen LogP contribution < -0.4 is 5.32 Å². The van der Waals surface area contributed by atoms with Crippen LogP contribution in [0.15, 0.2) is 24.3 Å². The Hall–Kier alpha value is -1.47. The van der Waals surface area contributed by atoms with Gasteiger partial charge in [-0.25, -0.2) is 4.79 Å². The smallest absolute Gasteiger partial charge is 0.392 e. The van der Waals surface area contributed by atoms with Gasteiger partial charge in [-0.1, -0.05) is 23.7 Å². The minimum absolute atomic E-state index is 0.0724. The monoisotopic (exact) mass is 324 g/mol. The molecule has 0 aromatic heterocycles. The number of halogens is 4. The summed E-state index contributed by atoms with van der Waals surface area (Å²) in [5, 5.41) is 11.4. The molecule has 1 rings (SSSR count). The number of carbonyl (C=O) groups excluding carboxylic acids is 1. The van der Waals surface area contributed by atoms with Gasteiger partial charge >= 0.3 is 12.2 Å². The average Bonchev–Trinajstić information content (AvgIpc) is 2.34. The molecule has 0 saturated heterocycles. The van der Waals surface area contributed by atoms with E-state index in [1.807, 2.05) is 5.32 Å². The maximum Gasteiger partial charge on any atom is 0.412 e. The summed E-state index contributed by atoms with van der Waals surface area (Å²) in [6.07, 6.45) is -5.48. The average molecular weight is 325 g/mol. The third-order valence-electron chi connectivity index (χ3n) is 2.68. The Balaban J connectivity index is 2.90. The van der Waals surface area contributed by atoms with Crippen LogP contribution in [0.5, 0.6) is 0 Å². The molecule has 0 spiro atoms. The second kappa shape index (κ2) is 7.00. The first kappa shape index (κ1) is 17.6. The molecule has 0 aliphatic rings. The van der Waals surface area contributed by atoms with Crippen LogP contribution in [0.3, 0.4) is 0 Å². The van der Waals surface area contributed by atoms with Crippen molar-refractivity contribution in [3.05, 3.63) is 34.9 Å². The van der Waals surface area contributed by atoms with Gasteiger partial charge in [0.1, 0.15) is 0 Å². The van der Waals surface area contributed by atoms with Crippen molar-refractivity contribution in [3.8, 4) is 0 Å². The number of urea groups is 1. The minimum atomic E-state index is -4.64. The molecule has 2 unspecified atom stereocenters. The summed E-state index contributed by atoms with van der Waals surface area (Å²) >= 11 is 5.64. The summed E-state index contributed by atoms with van der Waals surface area (Å²) in [6, 6.07) is 1.99. The van der Waals surface area contributed by atoms with Gasteiger partial charge in [-0.15, -0.1) is 0 Å². The number of likely N-dealkylation sites (N-methyl/N-ethyl adjacent to an activating group) is 1. The number of benzene rings is 1. The molecule has 0 heterocycles. The zero-order valence-electron chi connectivity index (χ0n) is 11.5. The van der Waals surface area contributed by atoms with Crippen molar-refractivity contribution >= 4 is 17.6 Å². The number of rotatable bonds is 4. The molecule has 0 fully saturated rings. The van der Waals surface area contributed by atoms with Crippen molar-refractivity contribution in [2.75, 3.05) is 13.6 Å². The molecule has 1 aromatic carbocycles. The zero-order chi connectivity index (χ0) is 16.2. The number of hydrogen-bond donors (Lipinski definition) is 2. The van der Waals surface area contributed by atoms with Gasteiger partial charge in [-0.3, -0.25) is 0 Å². The van der Waals surface area contributed by atoms with E-state index in [0.717, 1.165) is 4.90 Å². The molecular weight excluding hydrogens is 309 g/mol. The predicted octanol–water partition coefficient (Wildman–Crippen LogP) is 2.97. The van der Waals surface area contributed by atoms with Crippen molar-refractivity contribution in [1.82, 2.24) is 10.2 Å². The number of aliphatic hydroxyl groups excluding tert-OH is 1. The molecule has 0 aliphatic carbocycles. The highest BCUT2D eigenvalue weighted by atomic mass is 35.5. The largest absolute Gasteiger partial charge is 0.412 e. The molecule has 118 valence electrons. The van der Waals surface area contributed by atoms with Crippen LogP contribution in [0, 0.1) is 0 Å². The first-order chi connectivity index (χ1) is 9.61. The number of hydrogen-bond acceptors (Lipinski definition) is 2. The van der Waals surface area contributed by atoms with Gasteiger partial charge in [0.05, 0.1) is 6.10 Å². The highest BCUT2D eigenvalue weighted by Gasteiger charge is 2.42. The molecule has 2 N–H and O–H groups in total. The van der Waals surface area contributed by atoms with Crippen molar-refractivity contribution in [2.24, 2.45) is 0 Å². The molecule has 2 atom stereocenters. The molecule has 0 radical (unpaired) electrons. The molecule has 21 heavy (non-hydrogen) atoms. The van der Waals surface area contributed by atoms with Gasteiger partial charge in [0.25, 0.3) is 0 Å². The molecule has 8 heteroatoms. The fourth-order valence-electron chi connectivity index (χ4n) is 1.72. The van der Waals surface area contributed by atoms with E-state index in [9.17, 15) is 18.0 Å². The van der Waals surface area contributed by atoms with Crippen molar-refractivity contribution in [1.29, 1.82) is 0 Å². The molecule has 0 saturated carbocycles. The van der Waals surface area contributed by atoms with Gasteiger partial charge < -0.3 is 15.3 Å². The second-order valence-electron chi connectivity index (χ2n) is 4.71. The standard InChI is InChI=1S/C13H16ClF3N2O2/c1-8(20)7-19(2)12(21)18-11(13(15,16)17)9-3-5-10(14)6-4-9/h3-6,8,11,20H,7H2,1-2H3,(H,18,21). The van der Waals surface area contributed by atoms with E-state index < -0.39 is 24.4 Å². The van der Waals surface area contributed by atoms with E-state index in [0.29, 0.717) is 5.02 Å². The van der Waals surface area contributed by atoms with Gasteiger partial charge in [0.15, 0.2) is 6.04 Å². The minimum Gasteiger partial charge on any atom is -0.392 e. The normalized spacial score (nSPS) is 14.4. The number of nitrogens with one attached hydrogen (secondary N) is 1. The lowest BCUT2D eigenvalue weighted by Crippen LogP contribution is -2.46. The first-order valence-corrected chi connectivity index (χ1v) is 6.51. The van der Waals surface area contributed by atoms with Crippen LogP contribution in [0.25, 0.3) is 0 Å². The van der Waals surface area contributed by atoms with Gasteiger partial charge in [-0.2, -0.15) is 13.2 Å². The summed E-state index contributed by atoms with van der Waals surface area (Å²) in [5.74, 6) is 0. The Morgan fingerprint density at radius 3 is 2.33 bits per heavy atom. The maximum absolute atomic E-state index is 13.1. The van der Waals surface area contributed by atoms with Crippen molar-refractivity contribution in [2.45, 2.75) is 25.2 Å². The topological polar surface area (TPSA) is 52.6 Å². The lowest BCUT2D eigenvalue weighted by molar-refractivity contribution is -0.155. The summed E-state index contributed by atoms with van der Waals surface area (Å²) < 4.78 is 39.2. The Bertz CT molecular complexity index is 477. The van der Waals surface area contributed by atoms with E-state index in [2.05, 4.69) is 0 Å². The molecule has 1 aromatic rings. The van der Waals surface area contributed by atoms with Crippen LogP contribution in [0.4, 0.5) is 18.0 Å². The van der Waals surface area contributed by atoms with Gasteiger partial charge in [0, 0.05) is 18.6 Å². The summed E-state index contributed by atoms with van der Waals surface area (Å²) in [6.45, 7) is 1.36. The SMILES string of the molecule is CC(O)CN(C)C(=O)NC(c1ccc(Cl)cc1)C(F)(F)F. The predicted molar refractivity (Wildman–Crippen MR) is 73.1 cm³/mol. The Morgan fingerprint density at radius 1 is 1.38 bits per heavy atom. The number of amides is 2. The fraction of sp³-hybridized carbons (Fsp3) is 0.462. The molecule has 4 nitrogen and oxygen atoms in total. The van der Waals surface area contributed by atoms with E-state index in [-0.39, 0.29) is 12.1 Å². The van der Waals surface area contributed by atoms with E-state index in [1.165, 1.54) is 38.2 Å². The quantitative estimate of drug-likeness (QED) is 0.894. The Labute approximate surface area is 125 Å². The van der Waals surface area contributed by atoms with Gasteiger partial charge in [0.2, 0.25) is 0 Å². The third kappa shape index (κ3) is 5.43. The van der Waals surface area contributed by atoms with E-state index in [1.54, 1.807) is 0 Å². The molecular formula is C13H16ClF3N2O2. The molecule has 0 aliphatic heterocycles. The maximum atomic E-state index is 13.1. The molecule has 0 bridgehead atoms. The van der Waals surface area contributed by atoms with Crippen LogP contribution in [0.2, 0.25) is 5.02 Å². The van der Waals surface area contributed by atoms with E-state index >= 15 is 0 Å². The second-order valence-corrected chi connectivity index (χ2v) is 5.14. The lowest BCUT2D eigenvalue weighted by Gasteiger charge is -2.26. The van der Waals surface area contributed by atoms with Crippen LogP contribution in [0.1, 0.15) is 18.5 Å². The highest BCUT2D eigenvalue weighted by Crippen LogP contribution is 2.33. The van der Waals surface area contributed by atoms with E-state index in [4.69, 9.17) is 16.7 Å². The van der Waals surface area contributed by atoms with Crippen LogP contribution >= 0.6 is 11.6 Å². The Kier molecular flexibility index (Phi) is 5.86. The van der Waals surface area contributed by atoms with Crippen molar-refractivity contribution < 1.29 is 23.1 Å². The third-order valence-corrected chi connectivity index (χ3v) is 2.94. The Morgan fingerprint density at radius 2 is 1.90 bits per heavy atom. The first-order valence-electron chi connectivity index (χ1n) is 6.13. The van der Waals surface area contributed by atoms with Gasteiger partial charge in [-0.05, 0) is 24.6 Å². The molecule has 2 amide bonds.